The van der Waals surface area contributed by atoms with Gasteiger partial charge in [0.25, 0.3) is 5.91 Å². The van der Waals surface area contributed by atoms with Crippen molar-refractivity contribution in [1.82, 2.24) is 5.01 Å². The molecule has 3 aromatic carbocycles. The number of aliphatic imine (C=N–C) groups is 1. The second-order valence-corrected chi connectivity index (χ2v) is 10.1. The van der Waals surface area contributed by atoms with Crippen LogP contribution >= 0.6 is 11.8 Å². The quantitative estimate of drug-likeness (QED) is 0.454. The fourth-order valence-electron chi connectivity index (χ4n) is 4.24. The summed E-state index contributed by atoms with van der Waals surface area (Å²) in [6.45, 7) is 1.63. The van der Waals surface area contributed by atoms with Gasteiger partial charge >= 0.3 is 0 Å². The third-order valence-corrected chi connectivity index (χ3v) is 7.48. The first kappa shape index (κ1) is 25.6. The highest BCUT2D eigenvalue weighted by Gasteiger charge is 2.39. The van der Waals surface area contributed by atoms with Crippen molar-refractivity contribution < 1.29 is 23.1 Å². The number of benzene rings is 3. The molecule has 0 fully saturated rings. The fraction of sp³-hybridized carbons (Fsp3) is 0.214. The minimum absolute atomic E-state index is 0.123. The maximum Gasteiger partial charge on any atom is 0.262 e. The van der Waals surface area contributed by atoms with Crippen LogP contribution in [0.1, 0.15) is 35.6 Å². The van der Waals surface area contributed by atoms with Crippen LogP contribution in [0, 0.1) is 18.6 Å². The third kappa shape index (κ3) is 5.45. The average molecular weight is 535 g/mol. The predicted molar refractivity (Wildman–Crippen MR) is 143 cm³/mol. The molecule has 0 bridgehead atoms. The molecule has 0 aliphatic carbocycles. The summed E-state index contributed by atoms with van der Waals surface area (Å²) in [4.78, 5) is 29.6. The van der Waals surface area contributed by atoms with E-state index >= 15 is 0 Å². The SMILES string of the molecule is COc1ccc([C@@H]2CC(c3ccc(F)cc3)=NN2C2=NC(=O)[C@@H](CC(=O)Nc3ccc(C)c(F)c3)S2)cc1. The summed E-state index contributed by atoms with van der Waals surface area (Å²) in [6.07, 6.45) is 0.386. The highest BCUT2D eigenvalue weighted by atomic mass is 32.2. The molecule has 0 spiro atoms. The second-order valence-electron chi connectivity index (χ2n) is 8.95. The molecule has 2 aliphatic heterocycles. The van der Waals surface area contributed by atoms with Crippen LogP contribution in [0.2, 0.25) is 0 Å². The maximum absolute atomic E-state index is 13.8. The van der Waals surface area contributed by atoms with Crippen molar-refractivity contribution in [2.75, 3.05) is 12.4 Å². The molecule has 0 saturated carbocycles. The van der Waals surface area contributed by atoms with E-state index in [1.54, 1.807) is 43.3 Å². The zero-order valence-electron chi connectivity index (χ0n) is 20.7. The van der Waals surface area contributed by atoms with E-state index in [1.807, 2.05) is 24.3 Å². The fourth-order valence-corrected chi connectivity index (χ4v) is 5.31. The van der Waals surface area contributed by atoms with Gasteiger partial charge in [0.1, 0.15) is 22.6 Å². The Kier molecular flexibility index (Phi) is 7.24. The molecule has 0 saturated heterocycles. The Morgan fingerprint density at radius 1 is 1.11 bits per heavy atom. The highest BCUT2D eigenvalue weighted by Crippen LogP contribution is 2.39. The van der Waals surface area contributed by atoms with Crippen LogP contribution < -0.4 is 10.1 Å². The lowest BCUT2D eigenvalue weighted by Crippen LogP contribution is -2.25. The Labute approximate surface area is 222 Å². The Hall–Kier alpha value is -4.05. The van der Waals surface area contributed by atoms with Crippen LogP contribution in [0.15, 0.2) is 76.8 Å². The number of anilines is 1. The Balaban J connectivity index is 1.34. The molecule has 5 rings (SSSR count). The van der Waals surface area contributed by atoms with E-state index in [4.69, 9.17) is 9.84 Å². The molecule has 2 heterocycles. The van der Waals surface area contributed by atoms with Crippen LogP contribution in [0.3, 0.4) is 0 Å². The largest absolute Gasteiger partial charge is 0.497 e. The van der Waals surface area contributed by atoms with Gasteiger partial charge in [0.05, 0.1) is 18.9 Å². The molecule has 194 valence electrons. The minimum Gasteiger partial charge on any atom is -0.497 e. The maximum atomic E-state index is 13.8. The molecule has 2 atom stereocenters. The Morgan fingerprint density at radius 2 is 1.84 bits per heavy atom. The molecule has 0 unspecified atom stereocenters. The van der Waals surface area contributed by atoms with Gasteiger partial charge in [-0.15, -0.1) is 0 Å². The first-order chi connectivity index (χ1) is 18.3. The number of nitrogens with zero attached hydrogens (tertiary/aromatic N) is 3. The number of amides is 2. The zero-order chi connectivity index (χ0) is 26.8. The summed E-state index contributed by atoms with van der Waals surface area (Å²) in [5.41, 5.74) is 3.22. The van der Waals surface area contributed by atoms with Gasteiger partial charge in [-0.2, -0.15) is 10.1 Å². The highest BCUT2D eigenvalue weighted by molar-refractivity contribution is 8.15. The average Bonchev–Trinajstić information content (AvgIpc) is 3.50. The number of carbonyl (C=O) groups is 2. The van der Waals surface area contributed by atoms with Crippen molar-refractivity contribution >= 4 is 40.1 Å². The van der Waals surface area contributed by atoms with E-state index in [0.717, 1.165) is 16.8 Å². The number of nitrogens with one attached hydrogen (secondary N) is 1. The van der Waals surface area contributed by atoms with Gasteiger partial charge in [-0.25, -0.2) is 13.8 Å². The molecular formula is C28H24F2N4O3S. The van der Waals surface area contributed by atoms with Crippen molar-refractivity contribution in [2.45, 2.75) is 31.1 Å². The number of aryl methyl sites for hydroxylation is 1. The minimum atomic E-state index is -0.734. The summed E-state index contributed by atoms with van der Waals surface area (Å²) < 4.78 is 32.6. The van der Waals surface area contributed by atoms with E-state index in [2.05, 4.69) is 10.3 Å². The number of carbonyl (C=O) groups excluding carboxylic acids is 2. The molecule has 3 aromatic rings. The number of hydrogen-bond acceptors (Lipinski definition) is 6. The van der Waals surface area contributed by atoms with E-state index < -0.39 is 22.9 Å². The molecule has 7 nitrogen and oxygen atoms in total. The molecule has 38 heavy (non-hydrogen) atoms. The normalized spacial score (nSPS) is 18.8. The van der Waals surface area contributed by atoms with Crippen molar-refractivity contribution in [3.63, 3.8) is 0 Å². The van der Waals surface area contributed by atoms with Crippen molar-refractivity contribution in [2.24, 2.45) is 10.1 Å². The van der Waals surface area contributed by atoms with E-state index in [9.17, 15) is 18.4 Å². The van der Waals surface area contributed by atoms with E-state index in [-0.39, 0.29) is 18.3 Å². The topological polar surface area (TPSA) is 83.4 Å². The first-order valence-electron chi connectivity index (χ1n) is 11.9. The summed E-state index contributed by atoms with van der Waals surface area (Å²) in [5.74, 6) is -0.909. The third-order valence-electron chi connectivity index (χ3n) is 6.34. The number of halogens is 2. The van der Waals surface area contributed by atoms with Gasteiger partial charge in [0.2, 0.25) is 5.91 Å². The van der Waals surface area contributed by atoms with Crippen molar-refractivity contribution in [1.29, 1.82) is 0 Å². The smallest absolute Gasteiger partial charge is 0.262 e. The number of methoxy groups -OCH3 is 1. The zero-order valence-corrected chi connectivity index (χ0v) is 21.5. The molecule has 1 N–H and O–H groups in total. The standard InChI is InChI=1S/C28H24F2N4O3S/c1-16-3-10-20(13-22(16)30)31-26(35)15-25-27(36)32-28(38-25)34-24(18-6-11-21(37-2)12-7-18)14-23(33-34)17-4-8-19(29)9-5-17/h3-13,24-25H,14-15H2,1-2H3,(H,31,35)/t24-,25+/m0/s1. The van der Waals surface area contributed by atoms with Gasteiger partial charge in [0, 0.05) is 18.5 Å². The van der Waals surface area contributed by atoms with Crippen molar-refractivity contribution in [3.05, 3.63) is 95.1 Å². The van der Waals surface area contributed by atoms with Crippen LogP contribution in [0.25, 0.3) is 0 Å². The summed E-state index contributed by atoms with van der Waals surface area (Å²) in [7, 11) is 1.59. The molecule has 2 amide bonds. The number of ether oxygens (including phenoxy) is 1. The Morgan fingerprint density at radius 3 is 2.53 bits per heavy atom. The van der Waals surface area contributed by atoms with Crippen LogP contribution in [0.5, 0.6) is 5.75 Å². The second kappa shape index (κ2) is 10.7. The number of hydrazone groups is 1. The number of amidine groups is 1. The molecule has 10 heteroatoms. The van der Waals surface area contributed by atoms with E-state index in [0.29, 0.717) is 28.6 Å². The van der Waals surface area contributed by atoms with E-state index in [1.165, 1.54) is 30.0 Å². The van der Waals surface area contributed by atoms with Gasteiger partial charge in [0.15, 0.2) is 5.17 Å². The first-order valence-corrected chi connectivity index (χ1v) is 12.8. The van der Waals surface area contributed by atoms with Gasteiger partial charge in [-0.3, -0.25) is 9.59 Å². The van der Waals surface area contributed by atoms with Gasteiger partial charge in [-0.05, 0) is 60.0 Å². The Bertz CT molecular complexity index is 1440. The summed E-state index contributed by atoms with van der Waals surface area (Å²) in [5, 5.41) is 8.73. The van der Waals surface area contributed by atoms with Crippen LogP contribution in [0.4, 0.5) is 14.5 Å². The van der Waals surface area contributed by atoms with Crippen LogP contribution in [-0.4, -0.2) is 40.1 Å². The van der Waals surface area contributed by atoms with Crippen molar-refractivity contribution in [3.8, 4) is 5.75 Å². The van der Waals surface area contributed by atoms with Crippen LogP contribution in [-0.2, 0) is 9.59 Å². The monoisotopic (exact) mass is 534 g/mol. The lowest BCUT2D eigenvalue weighted by atomic mass is 9.98. The van der Waals surface area contributed by atoms with Gasteiger partial charge in [-0.1, -0.05) is 42.1 Å². The number of thioether (sulfide) groups is 1. The summed E-state index contributed by atoms with van der Waals surface area (Å²) in [6, 6.07) is 17.8. The number of rotatable bonds is 6. The molecular weight excluding hydrogens is 510 g/mol. The van der Waals surface area contributed by atoms with Gasteiger partial charge < -0.3 is 10.1 Å². The summed E-state index contributed by atoms with van der Waals surface area (Å²) >= 11 is 1.17. The molecule has 2 aliphatic rings. The predicted octanol–water partition coefficient (Wildman–Crippen LogP) is 5.46. The number of hydrogen-bond donors (Lipinski definition) is 1. The molecule has 0 aromatic heterocycles. The lowest BCUT2D eigenvalue weighted by Gasteiger charge is -2.23. The lowest BCUT2D eigenvalue weighted by molar-refractivity contribution is -0.121. The molecule has 0 radical (unpaired) electrons.